The monoisotopic (exact) mass is 514 g/mol. The average Bonchev–Trinajstić information content (AvgIpc) is 2.85. The van der Waals surface area contributed by atoms with Gasteiger partial charge >= 0.3 is 6.09 Å². The van der Waals surface area contributed by atoms with Crippen molar-refractivity contribution in [3.05, 3.63) is 36.4 Å². The van der Waals surface area contributed by atoms with E-state index in [1.165, 1.54) is 10.7 Å². The van der Waals surface area contributed by atoms with E-state index in [0.717, 1.165) is 36.5 Å². The number of hydrogen-bond acceptors (Lipinski definition) is 5. The van der Waals surface area contributed by atoms with E-state index in [1.807, 2.05) is 45.0 Å². The van der Waals surface area contributed by atoms with Gasteiger partial charge in [-0.1, -0.05) is 43.5 Å². The Labute approximate surface area is 215 Å². The number of ether oxygens (including phenoxy) is 1. The third kappa shape index (κ3) is 6.18. The van der Waals surface area contributed by atoms with Gasteiger partial charge in [0.1, 0.15) is 5.60 Å². The lowest BCUT2D eigenvalue weighted by molar-refractivity contribution is -0.120. The Morgan fingerprint density at radius 1 is 1.00 bits per heavy atom. The highest BCUT2D eigenvalue weighted by atomic mass is 32.2. The maximum absolute atomic E-state index is 12.9. The maximum atomic E-state index is 12.9. The van der Waals surface area contributed by atoms with Crippen LogP contribution in [0.4, 0.5) is 16.2 Å². The van der Waals surface area contributed by atoms with E-state index in [-0.39, 0.29) is 24.0 Å². The van der Waals surface area contributed by atoms with Gasteiger partial charge in [0.2, 0.25) is 5.91 Å². The first-order chi connectivity index (χ1) is 17.1. The fourth-order valence-corrected chi connectivity index (χ4v) is 5.97. The highest BCUT2D eigenvalue weighted by Crippen LogP contribution is 2.36. The topological polar surface area (TPSA) is 102 Å². The molecule has 36 heavy (non-hydrogen) atoms. The average molecular weight is 515 g/mol. The van der Waals surface area contributed by atoms with E-state index < -0.39 is 16.9 Å². The van der Waals surface area contributed by atoms with Crippen LogP contribution in [0.15, 0.2) is 36.4 Å². The van der Waals surface area contributed by atoms with Crippen molar-refractivity contribution in [1.29, 1.82) is 0 Å². The number of nitrogens with zero attached hydrogens (tertiary/aromatic N) is 2. The number of carbonyl (C=O) groups is 2. The number of rotatable bonds is 5. The summed E-state index contributed by atoms with van der Waals surface area (Å²) in [6.45, 7) is 6.31. The highest BCUT2D eigenvalue weighted by molar-refractivity contribution is 7.80. The van der Waals surface area contributed by atoms with Crippen molar-refractivity contribution < 1.29 is 23.1 Å². The second-order valence-electron chi connectivity index (χ2n) is 10.7. The quantitative estimate of drug-likeness (QED) is 0.541. The molecular formula is C27H36N3O5S-. The Kier molecular flexibility index (Phi) is 8.20. The van der Waals surface area contributed by atoms with E-state index in [9.17, 15) is 18.4 Å². The van der Waals surface area contributed by atoms with Gasteiger partial charge in [0.05, 0.1) is 5.69 Å². The van der Waals surface area contributed by atoms with Crippen LogP contribution in [0.1, 0.15) is 65.7 Å². The number of fused-ring (bicyclic) bond motifs is 1. The van der Waals surface area contributed by atoms with Crippen molar-refractivity contribution in [2.24, 2.45) is 5.92 Å². The molecule has 0 bridgehead atoms. The van der Waals surface area contributed by atoms with Gasteiger partial charge in [0.25, 0.3) is 0 Å². The summed E-state index contributed by atoms with van der Waals surface area (Å²) in [6.07, 6.45) is 5.78. The van der Waals surface area contributed by atoms with Gasteiger partial charge in [0, 0.05) is 52.8 Å². The zero-order valence-corrected chi connectivity index (χ0v) is 22.1. The summed E-state index contributed by atoms with van der Waals surface area (Å²) >= 11 is -2.51. The molecule has 1 aliphatic carbocycles. The fraction of sp³-hybridized carbons (Fsp3) is 0.556. The van der Waals surface area contributed by atoms with Crippen LogP contribution in [0.25, 0.3) is 10.8 Å². The summed E-state index contributed by atoms with van der Waals surface area (Å²) in [5, 5.41) is 4.66. The first-order valence-electron chi connectivity index (χ1n) is 12.8. The van der Waals surface area contributed by atoms with Crippen LogP contribution >= 0.6 is 0 Å². The summed E-state index contributed by atoms with van der Waals surface area (Å²) in [7, 11) is 0. The number of carbonyl (C=O) groups excluding carboxylic acids is 2. The molecule has 0 spiro atoms. The zero-order valence-electron chi connectivity index (χ0n) is 21.3. The predicted molar refractivity (Wildman–Crippen MR) is 141 cm³/mol. The number of amides is 2. The van der Waals surface area contributed by atoms with Crippen LogP contribution in [0.2, 0.25) is 0 Å². The van der Waals surface area contributed by atoms with Crippen molar-refractivity contribution in [1.82, 2.24) is 4.90 Å². The molecule has 1 saturated heterocycles. The standard InChI is InChI=1S/C27H37N3O5S/c1-27(2,3)35-26(32)29-17-15-20(16-18-29)30(36(33)34)24-14-13-23(21-11-7-8-12-22(21)24)28-25(31)19-9-5-4-6-10-19/h7-8,11-14,19-20H,4-6,9-10,15-18H2,1-3H3,(H,28,31)(H,33,34)/p-1. The molecule has 2 aromatic rings. The van der Waals surface area contributed by atoms with E-state index in [4.69, 9.17) is 4.74 Å². The van der Waals surface area contributed by atoms with Crippen LogP contribution in [-0.2, 0) is 20.8 Å². The predicted octanol–water partition coefficient (Wildman–Crippen LogP) is 5.36. The smallest absolute Gasteiger partial charge is 0.410 e. The normalized spacial score (nSPS) is 18.6. The molecular weight excluding hydrogens is 478 g/mol. The minimum absolute atomic E-state index is 0.0259. The van der Waals surface area contributed by atoms with Gasteiger partial charge in [-0.3, -0.25) is 13.3 Å². The van der Waals surface area contributed by atoms with E-state index in [2.05, 4.69) is 5.32 Å². The Balaban J connectivity index is 1.55. The first kappa shape index (κ1) is 26.4. The summed E-state index contributed by atoms with van der Waals surface area (Å²) < 4.78 is 31.8. The largest absolute Gasteiger partial charge is 0.755 e. The van der Waals surface area contributed by atoms with Crippen molar-refractivity contribution in [2.45, 2.75) is 77.4 Å². The molecule has 0 radical (unpaired) electrons. The molecule has 2 fully saturated rings. The summed E-state index contributed by atoms with van der Waals surface area (Å²) in [4.78, 5) is 27.0. The minimum Gasteiger partial charge on any atom is -0.755 e. The molecule has 196 valence electrons. The van der Waals surface area contributed by atoms with E-state index in [0.29, 0.717) is 37.3 Å². The lowest BCUT2D eigenvalue weighted by atomic mass is 9.88. The van der Waals surface area contributed by atoms with E-state index in [1.54, 1.807) is 17.0 Å². The summed E-state index contributed by atoms with van der Waals surface area (Å²) in [5.74, 6) is 0.0596. The van der Waals surface area contributed by atoms with Crippen molar-refractivity contribution >= 4 is 45.4 Å². The van der Waals surface area contributed by atoms with Gasteiger partial charge in [-0.25, -0.2) is 4.79 Å². The molecule has 2 aliphatic rings. The van der Waals surface area contributed by atoms with Crippen LogP contribution in [0.5, 0.6) is 0 Å². The Hall–Kier alpha value is -2.65. The highest BCUT2D eigenvalue weighted by Gasteiger charge is 2.31. The van der Waals surface area contributed by atoms with Crippen LogP contribution < -0.4 is 9.62 Å². The molecule has 4 rings (SSSR count). The SMILES string of the molecule is CC(C)(C)OC(=O)N1CCC(N(c2ccc(NC(=O)C3CCCCC3)c3ccccc23)S(=O)[O-])CC1. The molecule has 8 nitrogen and oxygen atoms in total. The number of piperidine rings is 1. The lowest BCUT2D eigenvalue weighted by Crippen LogP contribution is -2.48. The van der Waals surface area contributed by atoms with E-state index >= 15 is 0 Å². The van der Waals surface area contributed by atoms with Gasteiger partial charge in [-0.15, -0.1) is 0 Å². The van der Waals surface area contributed by atoms with Crippen molar-refractivity contribution in [2.75, 3.05) is 22.7 Å². The van der Waals surface area contributed by atoms with Gasteiger partial charge in [-0.05, 0) is 58.6 Å². The molecule has 0 aromatic heterocycles. The maximum Gasteiger partial charge on any atom is 0.410 e. The lowest BCUT2D eigenvalue weighted by Gasteiger charge is -2.40. The molecule has 1 heterocycles. The molecule has 1 aliphatic heterocycles. The second kappa shape index (κ2) is 11.2. The van der Waals surface area contributed by atoms with Crippen LogP contribution in [0.3, 0.4) is 0 Å². The number of benzene rings is 2. The van der Waals surface area contributed by atoms with Crippen LogP contribution in [0, 0.1) is 5.92 Å². The molecule has 1 atom stereocenters. The number of hydrogen-bond donors (Lipinski definition) is 1. The second-order valence-corrected chi connectivity index (χ2v) is 11.6. The van der Waals surface area contributed by atoms with Crippen molar-refractivity contribution in [3.8, 4) is 0 Å². The van der Waals surface area contributed by atoms with Gasteiger partial charge in [-0.2, -0.15) is 0 Å². The summed E-state index contributed by atoms with van der Waals surface area (Å²) in [6, 6.07) is 10.8. The van der Waals surface area contributed by atoms with Crippen LogP contribution in [-0.4, -0.2) is 50.4 Å². The molecule has 1 unspecified atom stereocenters. The first-order valence-corrected chi connectivity index (χ1v) is 13.9. The van der Waals surface area contributed by atoms with Gasteiger partial charge < -0.3 is 19.5 Å². The van der Waals surface area contributed by atoms with Crippen molar-refractivity contribution in [3.63, 3.8) is 0 Å². The number of nitrogens with one attached hydrogen (secondary N) is 1. The fourth-order valence-electron chi connectivity index (χ4n) is 5.19. The number of anilines is 2. The molecule has 9 heteroatoms. The molecule has 1 saturated carbocycles. The molecule has 2 amide bonds. The van der Waals surface area contributed by atoms with Gasteiger partial charge in [0.15, 0.2) is 0 Å². The molecule has 1 N–H and O–H groups in total. The Morgan fingerprint density at radius 3 is 2.25 bits per heavy atom. The summed E-state index contributed by atoms with van der Waals surface area (Å²) in [5.41, 5.74) is 0.690. The minimum atomic E-state index is -2.51. The number of likely N-dealkylation sites (tertiary alicyclic amines) is 1. The third-order valence-electron chi connectivity index (χ3n) is 6.98. The molecule has 2 aromatic carbocycles. The Morgan fingerprint density at radius 2 is 1.64 bits per heavy atom. The Bertz CT molecular complexity index is 1120. The zero-order chi connectivity index (χ0) is 25.9. The third-order valence-corrected chi connectivity index (χ3v) is 7.80.